The predicted molar refractivity (Wildman–Crippen MR) is 265 cm³/mol. The zero-order valence-corrected chi connectivity index (χ0v) is 40.7. The van der Waals surface area contributed by atoms with Gasteiger partial charge in [-0.05, 0) is 169 Å². The monoisotopic (exact) mass is 994 g/mol. The largest absolute Gasteiger partial charge is 2.00 e. The van der Waals surface area contributed by atoms with Crippen molar-refractivity contribution in [3.63, 3.8) is 0 Å². The minimum Gasteiger partial charge on any atom is -0.744 e. The smallest absolute Gasteiger partial charge is 0.744 e. The van der Waals surface area contributed by atoms with Crippen LogP contribution in [0.15, 0.2) is 143 Å². The number of hydrogen-bond acceptors (Lipinski definition) is 10. The summed E-state index contributed by atoms with van der Waals surface area (Å²) < 4.78 is 68.0. The first-order chi connectivity index (χ1) is 32.8. The number of nitrogens with zero attached hydrogens (tertiary/aromatic N) is 4. The van der Waals surface area contributed by atoms with Gasteiger partial charge >= 0.3 is 19.5 Å². The zero-order chi connectivity index (χ0) is 46.6. The van der Waals surface area contributed by atoms with E-state index in [4.69, 9.17) is 0 Å². The van der Waals surface area contributed by atoms with E-state index in [2.05, 4.69) is 39.9 Å². The van der Waals surface area contributed by atoms with E-state index in [0.29, 0.717) is 0 Å². The summed E-state index contributed by atoms with van der Waals surface area (Å²) in [6.07, 6.45) is 15.6. The molecule has 332 valence electrons. The first-order valence-corrected chi connectivity index (χ1v) is 23.9. The third-order valence-electron chi connectivity index (χ3n) is 11.2. The van der Waals surface area contributed by atoms with Crippen LogP contribution >= 0.6 is 0 Å². The summed E-state index contributed by atoms with van der Waals surface area (Å²) in [5, 5.41) is 0. The molecular weight excluding hydrogens is 962 g/mol. The number of hydrogen-bond donors (Lipinski definition) is 4. The van der Waals surface area contributed by atoms with E-state index in [9.17, 15) is 25.9 Å². The number of aromatic nitrogens is 8. The maximum atomic E-state index is 11.3. The molecule has 4 N–H and O–H groups in total. The van der Waals surface area contributed by atoms with Gasteiger partial charge in [-0.25, -0.2) is 36.8 Å². The number of rotatable bonds is 4. The molecule has 12 rings (SSSR count). The molecule has 8 aromatic rings. The van der Waals surface area contributed by atoms with Crippen molar-refractivity contribution >= 4 is 113 Å². The fourth-order valence-corrected chi connectivity index (χ4v) is 9.06. The molecule has 10 heterocycles. The number of H-pyrrole nitrogens is 4. The number of benzene rings is 2. The molecule has 0 amide bonds. The van der Waals surface area contributed by atoms with E-state index in [1.54, 1.807) is 24.3 Å². The molecule has 16 bridgehead atoms. The number of nitrogens with one attached hydrogen (secondary N) is 4. The summed E-state index contributed by atoms with van der Waals surface area (Å²) in [5.41, 5.74) is 16.8. The van der Waals surface area contributed by atoms with Crippen molar-refractivity contribution in [2.45, 2.75) is 9.79 Å². The zero-order valence-electron chi connectivity index (χ0n) is 36.1. The Labute approximate surface area is 406 Å². The topological polar surface area (TPSA) is 229 Å². The maximum Gasteiger partial charge on any atom is 2.00 e. The Kier molecular flexibility index (Phi) is 11.7. The van der Waals surface area contributed by atoms with Crippen LogP contribution in [0.25, 0.3) is 115 Å². The second kappa shape index (κ2) is 18.0. The fraction of sp³-hybridized carbons (Fsp3) is 0. The van der Waals surface area contributed by atoms with Gasteiger partial charge in [0.2, 0.25) is 0 Å². The Hall–Kier alpha value is -7.92. The second-order valence-corrected chi connectivity index (χ2v) is 18.9. The molecule has 0 atom stereocenters. The van der Waals surface area contributed by atoms with Crippen LogP contribution in [0.2, 0.25) is 0 Å². The van der Waals surface area contributed by atoms with E-state index in [-0.39, 0.29) is 29.3 Å². The first kappa shape index (κ1) is 44.9. The summed E-state index contributed by atoms with van der Waals surface area (Å²) in [6, 6.07) is 39.4. The van der Waals surface area contributed by atoms with Crippen LogP contribution < -0.4 is 0 Å². The number of fused-ring (bicyclic) bond motifs is 16. The van der Waals surface area contributed by atoms with Crippen LogP contribution in [0.3, 0.4) is 0 Å². The van der Waals surface area contributed by atoms with Gasteiger partial charge in [0.25, 0.3) is 0 Å². The molecule has 0 radical (unpaired) electrons. The quantitative estimate of drug-likeness (QED) is 0.0963. The minimum absolute atomic E-state index is 0. The Balaban J connectivity index is 0.000000158. The van der Waals surface area contributed by atoms with Crippen molar-refractivity contribution in [2.24, 2.45) is 0 Å². The normalized spacial score (nSPS) is 12.7. The van der Waals surface area contributed by atoms with Crippen LogP contribution in [-0.4, -0.2) is 65.8 Å². The molecule has 0 fully saturated rings. The molecule has 6 aromatic heterocycles. The molecule has 69 heavy (non-hydrogen) atoms. The molecule has 14 nitrogen and oxygen atoms in total. The van der Waals surface area contributed by atoms with Crippen LogP contribution in [0.1, 0.15) is 45.6 Å². The Morgan fingerprint density at radius 3 is 0.928 bits per heavy atom. The summed E-state index contributed by atoms with van der Waals surface area (Å²) in [6.45, 7) is 0. The van der Waals surface area contributed by atoms with Crippen molar-refractivity contribution < 1.29 is 45.4 Å². The molecule has 0 spiro atoms. The third-order valence-corrected chi connectivity index (χ3v) is 12.9. The molecular formula is C52H34N8O6S2Zn. The summed E-state index contributed by atoms with van der Waals surface area (Å²) >= 11 is 0. The molecule has 4 aliphatic rings. The molecule has 0 saturated heterocycles. The van der Waals surface area contributed by atoms with Gasteiger partial charge in [0.05, 0.1) is 55.3 Å². The van der Waals surface area contributed by atoms with Crippen molar-refractivity contribution in [1.29, 1.82) is 0 Å². The van der Waals surface area contributed by atoms with Gasteiger partial charge in [-0.1, -0.05) is 24.3 Å². The van der Waals surface area contributed by atoms with E-state index in [1.165, 1.54) is 24.3 Å². The van der Waals surface area contributed by atoms with Gasteiger partial charge in [-0.3, -0.25) is 0 Å². The van der Waals surface area contributed by atoms with E-state index < -0.39 is 20.2 Å². The van der Waals surface area contributed by atoms with Crippen LogP contribution in [0.5, 0.6) is 0 Å². The maximum absolute atomic E-state index is 11.3. The number of aromatic amines is 4. The predicted octanol–water partition coefficient (Wildman–Crippen LogP) is 10.5. The van der Waals surface area contributed by atoms with E-state index in [1.807, 2.05) is 134 Å². The fourth-order valence-electron chi connectivity index (χ4n) is 8.12. The molecule has 2 aromatic carbocycles. The molecule has 0 saturated carbocycles. The van der Waals surface area contributed by atoms with Crippen molar-refractivity contribution in [1.82, 2.24) is 39.9 Å². The average Bonchev–Trinajstić information content (AvgIpc) is 4.16. The SMILES string of the molecule is O=S(=O)([O-])c1ccc(-c2cc3cc4ccc(cc5nc(cc6nc(cc2[nH]3)C=C6)C=C5)[nH]4)cc1.O=S(=O)([O-])c1ccc(-c2cc3cc4ccc(cc5nc(cc6nc(cc2[nH]3)C=C6)C=C5)[nH]4)cc1.[Zn+2]. The van der Waals surface area contributed by atoms with Crippen molar-refractivity contribution in [3.8, 4) is 22.3 Å². The standard InChI is InChI=1S/2C26H18N4O3S.Zn/c2*31-34(32,33)24-9-1-16(2-10-24)25-14-23-13-21-6-5-19(28-21)11-17-3-4-18(27-17)12-20-7-8-22(29-20)15-26(25)30-23;/h2*1-15,28,30H,(H,31,32,33);/q;;+2/p-2. The summed E-state index contributed by atoms with van der Waals surface area (Å²) in [7, 11) is -9.01. The molecule has 17 heteroatoms. The van der Waals surface area contributed by atoms with Crippen LogP contribution in [0, 0.1) is 0 Å². The van der Waals surface area contributed by atoms with Crippen molar-refractivity contribution in [3.05, 3.63) is 179 Å². The van der Waals surface area contributed by atoms with Crippen molar-refractivity contribution in [2.75, 3.05) is 0 Å². The Morgan fingerprint density at radius 1 is 0.319 bits per heavy atom. The Morgan fingerprint density at radius 2 is 0.609 bits per heavy atom. The van der Waals surface area contributed by atoms with E-state index >= 15 is 0 Å². The van der Waals surface area contributed by atoms with Crippen LogP contribution in [0.4, 0.5) is 0 Å². The minimum atomic E-state index is -4.51. The Bertz CT molecular complexity index is 3830. The molecule has 0 aliphatic carbocycles. The average molecular weight is 996 g/mol. The van der Waals surface area contributed by atoms with Gasteiger partial charge in [0.1, 0.15) is 20.2 Å². The summed E-state index contributed by atoms with van der Waals surface area (Å²) in [5.74, 6) is 0. The molecule has 0 unspecified atom stereocenters. The van der Waals surface area contributed by atoms with Gasteiger partial charge in [0, 0.05) is 55.3 Å². The first-order valence-electron chi connectivity index (χ1n) is 21.1. The van der Waals surface area contributed by atoms with Gasteiger partial charge < -0.3 is 29.0 Å². The van der Waals surface area contributed by atoms with Gasteiger partial charge in [-0.15, -0.1) is 0 Å². The summed E-state index contributed by atoms with van der Waals surface area (Å²) in [4.78, 5) is 31.7. The van der Waals surface area contributed by atoms with E-state index in [0.717, 1.165) is 112 Å². The molecule has 4 aliphatic heterocycles. The second-order valence-electron chi connectivity index (χ2n) is 16.1. The third kappa shape index (κ3) is 10.0. The van der Waals surface area contributed by atoms with Crippen LogP contribution in [-0.2, 0) is 39.7 Å². The van der Waals surface area contributed by atoms with Gasteiger partial charge in [-0.2, -0.15) is 0 Å². The van der Waals surface area contributed by atoms with Gasteiger partial charge in [0.15, 0.2) is 0 Å².